The quantitative estimate of drug-likeness (QED) is 0.621. The summed E-state index contributed by atoms with van der Waals surface area (Å²) in [6.07, 6.45) is 2.93. The SMILES string of the molecule is Cc1ccc(NC(=O)C2CCN(C(=O)c3ccc(NC(=O)c4ccccc4)cc3)CC2)nc1. The third-order valence-electron chi connectivity index (χ3n) is 5.74. The highest BCUT2D eigenvalue weighted by molar-refractivity contribution is 6.04. The number of hydrogen-bond acceptors (Lipinski definition) is 4. The Morgan fingerprint density at radius 2 is 1.55 bits per heavy atom. The van der Waals surface area contributed by atoms with Gasteiger partial charge in [0.05, 0.1) is 0 Å². The van der Waals surface area contributed by atoms with Crippen molar-refractivity contribution >= 4 is 29.2 Å². The molecule has 1 aromatic heterocycles. The first-order valence-electron chi connectivity index (χ1n) is 11.0. The number of benzene rings is 2. The second-order valence-electron chi connectivity index (χ2n) is 8.17. The molecule has 7 heteroatoms. The van der Waals surface area contributed by atoms with E-state index in [1.807, 2.05) is 31.2 Å². The summed E-state index contributed by atoms with van der Waals surface area (Å²) in [7, 11) is 0. The number of rotatable bonds is 5. The average Bonchev–Trinajstić information content (AvgIpc) is 2.86. The fraction of sp³-hybridized carbons (Fsp3) is 0.231. The molecular weight excluding hydrogens is 416 g/mol. The summed E-state index contributed by atoms with van der Waals surface area (Å²) in [5.74, 6) is 0.0686. The molecule has 33 heavy (non-hydrogen) atoms. The minimum Gasteiger partial charge on any atom is -0.339 e. The third kappa shape index (κ3) is 5.63. The topological polar surface area (TPSA) is 91.4 Å². The van der Waals surface area contributed by atoms with Crippen molar-refractivity contribution in [1.29, 1.82) is 0 Å². The molecule has 0 radical (unpaired) electrons. The molecule has 0 saturated carbocycles. The van der Waals surface area contributed by atoms with E-state index in [1.54, 1.807) is 53.6 Å². The Morgan fingerprint density at radius 1 is 0.848 bits per heavy atom. The van der Waals surface area contributed by atoms with E-state index in [0.717, 1.165) is 5.56 Å². The number of nitrogens with zero attached hydrogens (tertiary/aromatic N) is 2. The molecular formula is C26H26N4O3. The van der Waals surface area contributed by atoms with Gasteiger partial charge in [0.2, 0.25) is 5.91 Å². The van der Waals surface area contributed by atoms with Crippen molar-refractivity contribution in [3.05, 3.63) is 89.6 Å². The Hall–Kier alpha value is -4.00. The lowest BCUT2D eigenvalue weighted by molar-refractivity contribution is -0.121. The highest BCUT2D eigenvalue weighted by Crippen LogP contribution is 2.21. The van der Waals surface area contributed by atoms with Gasteiger partial charge in [-0.15, -0.1) is 0 Å². The van der Waals surface area contributed by atoms with Crippen LogP contribution in [0.3, 0.4) is 0 Å². The molecule has 1 saturated heterocycles. The van der Waals surface area contributed by atoms with E-state index >= 15 is 0 Å². The van der Waals surface area contributed by atoms with E-state index in [1.165, 1.54) is 0 Å². The van der Waals surface area contributed by atoms with E-state index in [-0.39, 0.29) is 23.6 Å². The molecule has 1 aliphatic rings. The van der Waals surface area contributed by atoms with Crippen LogP contribution in [-0.4, -0.2) is 40.7 Å². The van der Waals surface area contributed by atoms with Gasteiger partial charge in [-0.05, 0) is 67.8 Å². The number of nitrogens with one attached hydrogen (secondary N) is 2. The zero-order valence-corrected chi connectivity index (χ0v) is 18.5. The average molecular weight is 443 g/mol. The number of aryl methyl sites for hydroxylation is 1. The first-order chi connectivity index (χ1) is 16.0. The number of pyridine rings is 1. The van der Waals surface area contributed by atoms with E-state index < -0.39 is 0 Å². The van der Waals surface area contributed by atoms with Crippen LogP contribution in [0.5, 0.6) is 0 Å². The number of anilines is 2. The molecule has 0 atom stereocenters. The van der Waals surface area contributed by atoms with Gasteiger partial charge in [0, 0.05) is 42.0 Å². The highest BCUT2D eigenvalue weighted by atomic mass is 16.2. The van der Waals surface area contributed by atoms with Gasteiger partial charge in [-0.1, -0.05) is 24.3 Å². The lowest BCUT2D eigenvalue weighted by atomic mass is 9.95. The summed E-state index contributed by atoms with van der Waals surface area (Å²) in [6, 6.07) is 19.5. The normalized spacial score (nSPS) is 13.9. The minimum absolute atomic E-state index is 0.0584. The van der Waals surface area contributed by atoms with Crippen molar-refractivity contribution in [3.8, 4) is 0 Å². The molecule has 3 amide bonds. The summed E-state index contributed by atoms with van der Waals surface area (Å²) in [5.41, 5.74) is 2.79. The van der Waals surface area contributed by atoms with Crippen molar-refractivity contribution in [3.63, 3.8) is 0 Å². The number of hydrogen-bond donors (Lipinski definition) is 2. The van der Waals surface area contributed by atoms with E-state index in [9.17, 15) is 14.4 Å². The first-order valence-corrected chi connectivity index (χ1v) is 11.0. The monoisotopic (exact) mass is 442 g/mol. The van der Waals surface area contributed by atoms with E-state index in [0.29, 0.717) is 48.6 Å². The Balaban J connectivity index is 1.29. The van der Waals surface area contributed by atoms with Crippen LogP contribution in [0.2, 0.25) is 0 Å². The van der Waals surface area contributed by atoms with Crippen LogP contribution >= 0.6 is 0 Å². The van der Waals surface area contributed by atoms with Crippen molar-refractivity contribution in [1.82, 2.24) is 9.88 Å². The van der Waals surface area contributed by atoms with Gasteiger partial charge in [-0.3, -0.25) is 14.4 Å². The molecule has 0 spiro atoms. The summed E-state index contributed by atoms with van der Waals surface area (Å²) in [4.78, 5) is 43.7. The first kappa shape index (κ1) is 22.2. The molecule has 1 fully saturated rings. The maximum atomic E-state index is 12.9. The van der Waals surface area contributed by atoms with Gasteiger partial charge in [0.25, 0.3) is 11.8 Å². The standard InChI is InChI=1S/C26H26N4O3/c1-18-7-12-23(27-17-18)29-25(32)20-13-15-30(16-14-20)26(33)21-8-10-22(11-9-21)28-24(31)19-5-3-2-4-6-19/h2-12,17,20H,13-16H2,1H3,(H,28,31)(H,27,29,32). The zero-order valence-electron chi connectivity index (χ0n) is 18.5. The van der Waals surface area contributed by atoms with Gasteiger partial charge >= 0.3 is 0 Å². The maximum Gasteiger partial charge on any atom is 0.255 e. The second kappa shape index (κ2) is 10.1. The fourth-order valence-corrected chi connectivity index (χ4v) is 3.79. The lowest BCUT2D eigenvalue weighted by Crippen LogP contribution is -2.41. The summed E-state index contributed by atoms with van der Waals surface area (Å²) in [6.45, 7) is 2.98. The number of amides is 3. The lowest BCUT2D eigenvalue weighted by Gasteiger charge is -2.31. The Morgan fingerprint density at radius 3 is 2.18 bits per heavy atom. The zero-order chi connectivity index (χ0) is 23.2. The smallest absolute Gasteiger partial charge is 0.255 e. The van der Waals surface area contributed by atoms with E-state index in [4.69, 9.17) is 0 Å². The van der Waals surface area contributed by atoms with Gasteiger partial charge < -0.3 is 15.5 Å². The summed E-state index contributed by atoms with van der Waals surface area (Å²) < 4.78 is 0. The minimum atomic E-state index is -0.198. The fourth-order valence-electron chi connectivity index (χ4n) is 3.79. The largest absolute Gasteiger partial charge is 0.339 e. The highest BCUT2D eigenvalue weighted by Gasteiger charge is 2.28. The number of piperidine rings is 1. The molecule has 2 N–H and O–H groups in total. The third-order valence-corrected chi connectivity index (χ3v) is 5.74. The Labute approximate surface area is 192 Å². The van der Waals surface area contributed by atoms with Crippen LogP contribution in [0, 0.1) is 12.8 Å². The van der Waals surface area contributed by atoms with Gasteiger partial charge in [-0.2, -0.15) is 0 Å². The van der Waals surface area contributed by atoms with Gasteiger partial charge in [0.1, 0.15) is 5.82 Å². The summed E-state index contributed by atoms with van der Waals surface area (Å²) >= 11 is 0. The summed E-state index contributed by atoms with van der Waals surface area (Å²) in [5, 5.41) is 5.69. The van der Waals surface area contributed by atoms with Crippen molar-refractivity contribution in [2.75, 3.05) is 23.7 Å². The van der Waals surface area contributed by atoms with Gasteiger partial charge in [-0.25, -0.2) is 4.98 Å². The van der Waals surface area contributed by atoms with Crippen molar-refractivity contribution in [2.24, 2.45) is 5.92 Å². The van der Waals surface area contributed by atoms with Crippen LogP contribution in [0.1, 0.15) is 39.1 Å². The van der Waals surface area contributed by atoms with Gasteiger partial charge in [0.15, 0.2) is 0 Å². The van der Waals surface area contributed by atoms with Crippen molar-refractivity contribution < 1.29 is 14.4 Å². The number of carbonyl (C=O) groups excluding carboxylic acids is 3. The Bertz CT molecular complexity index is 1120. The molecule has 3 aromatic rings. The van der Waals surface area contributed by atoms with Crippen molar-refractivity contribution in [2.45, 2.75) is 19.8 Å². The van der Waals surface area contributed by atoms with Crippen LogP contribution in [0.15, 0.2) is 72.9 Å². The molecule has 2 aromatic carbocycles. The van der Waals surface area contributed by atoms with Crippen LogP contribution in [-0.2, 0) is 4.79 Å². The number of aromatic nitrogens is 1. The van der Waals surface area contributed by atoms with Crippen LogP contribution in [0.25, 0.3) is 0 Å². The molecule has 4 rings (SSSR count). The predicted molar refractivity (Wildman–Crippen MR) is 127 cm³/mol. The second-order valence-corrected chi connectivity index (χ2v) is 8.17. The molecule has 2 heterocycles. The molecule has 1 aliphatic heterocycles. The van der Waals surface area contributed by atoms with Crippen LogP contribution in [0.4, 0.5) is 11.5 Å². The Kier molecular flexibility index (Phi) is 6.78. The van der Waals surface area contributed by atoms with Crippen LogP contribution < -0.4 is 10.6 Å². The molecule has 168 valence electrons. The number of carbonyl (C=O) groups is 3. The molecule has 0 bridgehead atoms. The maximum absolute atomic E-state index is 12.9. The number of likely N-dealkylation sites (tertiary alicyclic amines) is 1. The van der Waals surface area contributed by atoms with E-state index in [2.05, 4.69) is 15.6 Å². The predicted octanol–water partition coefficient (Wildman–Crippen LogP) is 4.13. The molecule has 7 nitrogen and oxygen atoms in total. The molecule has 0 unspecified atom stereocenters. The molecule has 0 aliphatic carbocycles.